The second-order valence-electron chi connectivity index (χ2n) is 7.87. The van der Waals surface area contributed by atoms with Crippen molar-refractivity contribution in [3.8, 4) is 0 Å². The van der Waals surface area contributed by atoms with Gasteiger partial charge in [0, 0.05) is 17.8 Å². The minimum atomic E-state index is -0.414. The van der Waals surface area contributed by atoms with E-state index in [9.17, 15) is 9.18 Å². The van der Waals surface area contributed by atoms with Crippen molar-refractivity contribution in [2.24, 2.45) is 0 Å². The standard InChI is InChI=1S/C24H26FN5O/c1-17-8-9-19(25)21(15-17)28-24(31)16-30-13-10-18(11-14-30)20-5-4-7-23(27-20)29-22-6-2-3-12-26-22/h2-9,12,15,18H,10-11,13-14,16H2,1H3,(H,28,31)(H,26,27,29). The maximum Gasteiger partial charge on any atom is 0.238 e. The Labute approximate surface area is 181 Å². The van der Waals surface area contributed by atoms with Gasteiger partial charge in [-0.1, -0.05) is 18.2 Å². The predicted molar refractivity (Wildman–Crippen MR) is 120 cm³/mol. The third kappa shape index (κ3) is 5.64. The van der Waals surface area contributed by atoms with Crippen LogP contribution >= 0.6 is 0 Å². The normalized spacial score (nSPS) is 14.9. The van der Waals surface area contributed by atoms with Gasteiger partial charge in [0.2, 0.25) is 5.91 Å². The average molecular weight is 420 g/mol. The molecule has 6 nitrogen and oxygen atoms in total. The predicted octanol–water partition coefficient (Wildman–Crippen LogP) is 4.49. The summed E-state index contributed by atoms with van der Waals surface area (Å²) in [6.07, 6.45) is 3.59. The number of aromatic nitrogens is 2. The fraction of sp³-hybridized carbons (Fsp3) is 0.292. The lowest BCUT2D eigenvalue weighted by Gasteiger charge is -2.31. The first kappa shape index (κ1) is 20.9. The summed E-state index contributed by atoms with van der Waals surface area (Å²) in [5.74, 6) is 1.28. The minimum Gasteiger partial charge on any atom is -0.325 e. The second-order valence-corrected chi connectivity index (χ2v) is 7.87. The molecule has 3 heterocycles. The van der Waals surface area contributed by atoms with Crippen LogP contribution in [0.4, 0.5) is 21.7 Å². The molecular weight excluding hydrogens is 393 g/mol. The third-order valence-electron chi connectivity index (χ3n) is 5.46. The maximum absolute atomic E-state index is 13.9. The van der Waals surface area contributed by atoms with Gasteiger partial charge in [-0.15, -0.1) is 0 Å². The van der Waals surface area contributed by atoms with Crippen LogP contribution < -0.4 is 10.6 Å². The van der Waals surface area contributed by atoms with E-state index in [1.165, 1.54) is 6.07 Å². The molecule has 160 valence electrons. The van der Waals surface area contributed by atoms with Gasteiger partial charge >= 0.3 is 0 Å². The lowest BCUT2D eigenvalue weighted by Crippen LogP contribution is -2.39. The fourth-order valence-corrected chi connectivity index (χ4v) is 3.83. The number of aryl methyl sites for hydroxylation is 1. The summed E-state index contributed by atoms with van der Waals surface area (Å²) in [5.41, 5.74) is 2.19. The van der Waals surface area contributed by atoms with E-state index >= 15 is 0 Å². The molecule has 0 bridgehead atoms. The van der Waals surface area contributed by atoms with Crippen molar-refractivity contribution < 1.29 is 9.18 Å². The highest BCUT2D eigenvalue weighted by Crippen LogP contribution is 2.28. The first-order valence-corrected chi connectivity index (χ1v) is 10.5. The van der Waals surface area contributed by atoms with E-state index < -0.39 is 5.82 Å². The molecule has 0 radical (unpaired) electrons. The third-order valence-corrected chi connectivity index (χ3v) is 5.46. The first-order valence-electron chi connectivity index (χ1n) is 10.5. The Hall–Kier alpha value is -3.32. The van der Waals surface area contributed by atoms with Crippen LogP contribution in [0.2, 0.25) is 0 Å². The molecular formula is C24H26FN5O. The van der Waals surface area contributed by atoms with Crippen LogP contribution in [0.3, 0.4) is 0 Å². The molecule has 1 amide bonds. The number of rotatable bonds is 6. The zero-order valence-corrected chi connectivity index (χ0v) is 17.5. The zero-order chi connectivity index (χ0) is 21.6. The molecule has 1 aromatic carbocycles. The Kier molecular flexibility index (Phi) is 6.52. The van der Waals surface area contributed by atoms with Gasteiger partial charge in [-0.25, -0.2) is 14.4 Å². The summed E-state index contributed by atoms with van der Waals surface area (Å²) in [5, 5.41) is 5.92. The minimum absolute atomic E-state index is 0.192. The Bertz CT molecular complexity index is 1040. The van der Waals surface area contributed by atoms with Crippen molar-refractivity contribution in [3.05, 3.63) is 77.9 Å². The van der Waals surface area contributed by atoms with Gasteiger partial charge in [-0.05, 0) is 74.8 Å². The summed E-state index contributed by atoms with van der Waals surface area (Å²) in [4.78, 5) is 23.5. The van der Waals surface area contributed by atoms with Crippen molar-refractivity contribution in [1.82, 2.24) is 14.9 Å². The summed E-state index contributed by atoms with van der Waals surface area (Å²) < 4.78 is 13.9. The molecule has 2 N–H and O–H groups in total. The highest BCUT2D eigenvalue weighted by Gasteiger charge is 2.23. The number of likely N-dealkylation sites (tertiary alicyclic amines) is 1. The van der Waals surface area contributed by atoms with Crippen molar-refractivity contribution in [2.75, 3.05) is 30.3 Å². The van der Waals surface area contributed by atoms with Crippen LogP contribution in [0, 0.1) is 12.7 Å². The number of halogens is 1. The lowest BCUT2D eigenvalue weighted by molar-refractivity contribution is -0.117. The van der Waals surface area contributed by atoms with E-state index in [1.54, 1.807) is 18.3 Å². The first-order chi connectivity index (χ1) is 15.1. The molecule has 1 aliphatic heterocycles. The van der Waals surface area contributed by atoms with Gasteiger partial charge in [-0.3, -0.25) is 9.69 Å². The molecule has 0 spiro atoms. The fourth-order valence-electron chi connectivity index (χ4n) is 3.83. The SMILES string of the molecule is Cc1ccc(F)c(NC(=O)CN2CCC(c3cccc(Nc4ccccn4)n3)CC2)c1. The number of amides is 1. The van der Waals surface area contributed by atoms with Crippen molar-refractivity contribution in [2.45, 2.75) is 25.7 Å². The average Bonchev–Trinajstić information content (AvgIpc) is 2.78. The van der Waals surface area contributed by atoms with Gasteiger partial charge in [0.05, 0.1) is 12.2 Å². The van der Waals surface area contributed by atoms with E-state index in [2.05, 4.69) is 26.6 Å². The van der Waals surface area contributed by atoms with Crippen molar-refractivity contribution in [1.29, 1.82) is 0 Å². The summed E-state index contributed by atoms with van der Waals surface area (Å²) in [6, 6.07) is 16.4. The van der Waals surface area contributed by atoms with Crippen LogP contribution in [-0.2, 0) is 4.79 Å². The molecule has 3 aromatic rings. The molecule has 0 saturated carbocycles. The van der Waals surface area contributed by atoms with E-state index in [0.717, 1.165) is 48.8 Å². The summed E-state index contributed by atoms with van der Waals surface area (Å²) in [7, 11) is 0. The molecule has 31 heavy (non-hydrogen) atoms. The molecule has 1 saturated heterocycles. The van der Waals surface area contributed by atoms with E-state index in [-0.39, 0.29) is 18.1 Å². The summed E-state index contributed by atoms with van der Waals surface area (Å²) in [6.45, 7) is 3.73. The Balaban J connectivity index is 1.30. The van der Waals surface area contributed by atoms with E-state index in [4.69, 9.17) is 4.98 Å². The second kappa shape index (κ2) is 9.66. The smallest absolute Gasteiger partial charge is 0.238 e. The molecule has 4 rings (SSSR count). The number of carbonyl (C=O) groups excluding carboxylic acids is 1. The number of benzene rings is 1. The van der Waals surface area contributed by atoms with Crippen molar-refractivity contribution >= 4 is 23.2 Å². The van der Waals surface area contributed by atoms with E-state index in [1.807, 2.05) is 37.3 Å². The van der Waals surface area contributed by atoms with Crippen molar-refractivity contribution in [3.63, 3.8) is 0 Å². The highest BCUT2D eigenvalue weighted by molar-refractivity contribution is 5.92. The number of carbonyl (C=O) groups is 1. The van der Waals surface area contributed by atoms with Crippen LogP contribution in [0.15, 0.2) is 60.8 Å². The molecule has 0 atom stereocenters. The number of pyridine rings is 2. The zero-order valence-electron chi connectivity index (χ0n) is 17.5. The Morgan fingerprint density at radius 3 is 2.68 bits per heavy atom. The van der Waals surface area contributed by atoms with Gasteiger partial charge < -0.3 is 10.6 Å². The van der Waals surface area contributed by atoms with Gasteiger partial charge in [0.1, 0.15) is 17.5 Å². The lowest BCUT2D eigenvalue weighted by atomic mass is 9.93. The Morgan fingerprint density at radius 2 is 1.90 bits per heavy atom. The van der Waals surface area contributed by atoms with Crippen LogP contribution in [0.25, 0.3) is 0 Å². The largest absolute Gasteiger partial charge is 0.325 e. The molecule has 0 unspecified atom stereocenters. The number of anilines is 3. The van der Waals surface area contributed by atoms with Gasteiger partial charge in [-0.2, -0.15) is 0 Å². The van der Waals surface area contributed by atoms with Crippen LogP contribution in [-0.4, -0.2) is 40.4 Å². The Morgan fingerprint density at radius 1 is 1.10 bits per heavy atom. The number of piperidine rings is 1. The van der Waals surface area contributed by atoms with Crippen LogP contribution in [0.1, 0.15) is 30.0 Å². The monoisotopic (exact) mass is 419 g/mol. The molecule has 1 fully saturated rings. The van der Waals surface area contributed by atoms with Gasteiger partial charge in [0.25, 0.3) is 0 Å². The summed E-state index contributed by atoms with van der Waals surface area (Å²) >= 11 is 0. The molecule has 0 aliphatic carbocycles. The molecule has 7 heteroatoms. The number of nitrogens with one attached hydrogen (secondary N) is 2. The topological polar surface area (TPSA) is 70.2 Å². The van der Waals surface area contributed by atoms with Crippen LogP contribution in [0.5, 0.6) is 0 Å². The highest BCUT2D eigenvalue weighted by atomic mass is 19.1. The molecule has 2 aromatic heterocycles. The maximum atomic E-state index is 13.9. The number of nitrogens with zero attached hydrogens (tertiary/aromatic N) is 3. The number of hydrogen-bond acceptors (Lipinski definition) is 5. The van der Waals surface area contributed by atoms with Gasteiger partial charge in [0.15, 0.2) is 0 Å². The number of hydrogen-bond donors (Lipinski definition) is 2. The molecule has 1 aliphatic rings. The van der Waals surface area contributed by atoms with E-state index in [0.29, 0.717) is 5.92 Å². The quantitative estimate of drug-likeness (QED) is 0.616.